The molecule has 5 rings (SSSR count). The summed E-state index contributed by atoms with van der Waals surface area (Å²) in [6.07, 6.45) is -2.56. The Bertz CT molecular complexity index is 1550. The lowest BCUT2D eigenvalue weighted by molar-refractivity contribution is -0.136. The van der Waals surface area contributed by atoms with Gasteiger partial charge in [0.05, 0.1) is 28.4 Å². The first kappa shape index (κ1) is 23.0. The van der Waals surface area contributed by atoms with Crippen molar-refractivity contribution in [1.29, 1.82) is 0 Å². The minimum Gasteiger partial charge on any atom is -0.444 e. The number of aromatic nitrogens is 2. The highest BCUT2D eigenvalue weighted by Gasteiger charge is 2.51. The molecule has 1 fully saturated rings. The summed E-state index contributed by atoms with van der Waals surface area (Å²) in [5.41, 5.74) is -2.35. The molecule has 1 saturated carbocycles. The molecule has 2 aliphatic rings. The van der Waals surface area contributed by atoms with E-state index in [0.717, 1.165) is 11.0 Å². The van der Waals surface area contributed by atoms with Crippen molar-refractivity contribution in [1.82, 2.24) is 15.3 Å². The number of halogens is 3. The number of nitrogens with one attached hydrogen (secondary N) is 2. The second-order valence-electron chi connectivity index (χ2n) is 10.9. The lowest BCUT2D eigenvalue weighted by Crippen LogP contribution is -2.47. The number of carbonyl (C=O) groups excluding carboxylic acids is 2. The van der Waals surface area contributed by atoms with Gasteiger partial charge in [0.25, 0.3) is 0 Å². The highest BCUT2D eigenvalue weighted by atomic mass is 19.4. The van der Waals surface area contributed by atoms with Crippen LogP contribution in [0.4, 0.5) is 35.3 Å². The lowest BCUT2D eigenvalue weighted by Gasteiger charge is -2.36. The number of amides is 2. The van der Waals surface area contributed by atoms with E-state index in [1.165, 1.54) is 30.5 Å². The fourth-order valence-corrected chi connectivity index (χ4v) is 5.31. The molecule has 39 heavy (non-hydrogen) atoms. The molecule has 0 saturated heterocycles. The molecule has 3 heterocycles. The van der Waals surface area contributed by atoms with Gasteiger partial charge in [0.15, 0.2) is 0 Å². The molecule has 1 aliphatic heterocycles. The lowest BCUT2D eigenvalue weighted by atomic mass is 9.69. The second kappa shape index (κ2) is 9.39. The summed E-state index contributed by atoms with van der Waals surface area (Å²) in [6.45, 7) is 2.50. The molecule has 2 N–H and O–H groups in total. The number of alkyl halides is 3. The summed E-state index contributed by atoms with van der Waals surface area (Å²) in [7, 11) is 0. The maximum atomic E-state index is 13.7. The Morgan fingerprint density at radius 2 is 1.90 bits per heavy atom. The van der Waals surface area contributed by atoms with Gasteiger partial charge in [-0.25, -0.2) is 14.8 Å². The Kier molecular flexibility index (Phi) is 5.55. The van der Waals surface area contributed by atoms with Gasteiger partial charge in [0, 0.05) is 22.5 Å². The highest BCUT2D eigenvalue weighted by molar-refractivity contribution is 6.08. The molecule has 0 bridgehead atoms. The van der Waals surface area contributed by atoms with E-state index >= 15 is 0 Å². The minimum atomic E-state index is -4.60. The van der Waals surface area contributed by atoms with Crippen LogP contribution < -0.4 is 15.5 Å². The summed E-state index contributed by atoms with van der Waals surface area (Å²) in [6, 6.07) is 8.11. The Hall–Kier alpha value is -3.89. The average molecular weight is 545 g/mol. The normalized spacial score (nSPS) is 22.7. The van der Waals surface area contributed by atoms with Crippen molar-refractivity contribution in [2.45, 2.75) is 69.7 Å². The predicted molar refractivity (Wildman–Crippen MR) is 141 cm³/mol. The van der Waals surface area contributed by atoms with E-state index in [2.05, 4.69) is 20.6 Å². The number of pyridine rings is 2. The van der Waals surface area contributed by atoms with Crippen LogP contribution in [0.1, 0.15) is 61.7 Å². The minimum absolute atomic E-state index is 0.1000. The number of alkyl carbamates (subject to hydrolysis) is 1. The summed E-state index contributed by atoms with van der Waals surface area (Å²) in [5.74, 6) is -0.285. The Balaban J connectivity index is 1.45. The molecule has 8 nitrogen and oxygen atoms in total. The van der Waals surface area contributed by atoms with E-state index in [1.54, 1.807) is 26.8 Å². The first-order chi connectivity index (χ1) is 19.5. The van der Waals surface area contributed by atoms with Crippen molar-refractivity contribution in [2.24, 2.45) is 0 Å². The fraction of sp³-hybridized carbons (Fsp3) is 0.429. The van der Waals surface area contributed by atoms with Crippen molar-refractivity contribution in [3.8, 4) is 0 Å². The van der Waals surface area contributed by atoms with Crippen LogP contribution in [0.3, 0.4) is 0 Å². The molecule has 2 amide bonds. The molecule has 206 valence electrons. The van der Waals surface area contributed by atoms with E-state index in [0.29, 0.717) is 23.8 Å². The van der Waals surface area contributed by atoms with Crippen LogP contribution in [-0.2, 0) is 21.1 Å². The number of carbonyl (C=O) groups is 2. The van der Waals surface area contributed by atoms with Crippen LogP contribution in [0.2, 0.25) is 0 Å². The maximum Gasteiger partial charge on any atom is 0.418 e. The molecule has 3 aromatic rings. The van der Waals surface area contributed by atoms with E-state index in [4.69, 9.17) is 8.85 Å². The number of rotatable bonds is 3. The molecule has 2 aromatic heterocycles. The number of hydrogen-bond donors (Lipinski definition) is 2. The molecule has 1 aliphatic carbocycles. The largest absolute Gasteiger partial charge is 0.444 e. The number of likely N-dealkylation sites (N-methyl/N-ethyl adjacent to an activating group) is 1. The van der Waals surface area contributed by atoms with Gasteiger partial charge in [-0.05, 0) is 76.3 Å². The van der Waals surface area contributed by atoms with Gasteiger partial charge in [-0.15, -0.1) is 0 Å². The summed E-state index contributed by atoms with van der Waals surface area (Å²) in [4.78, 5) is 35.3. The van der Waals surface area contributed by atoms with Crippen molar-refractivity contribution >= 4 is 40.2 Å². The molecule has 0 unspecified atom stereocenters. The maximum absolute atomic E-state index is 13.7. The van der Waals surface area contributed by atoms with Crippen molar-refractivity contribution in [3.05, 3.63) is 53.7 Å². The number of fused-ring (bicyclic) bond motifs is 3. The van der Waals surface area contributed by atoms with Crippen molar-refractivity contribution in [3.63, 3.8) is 0 Å². The number of ether oxygens (including phenoxy) is 1. The van der Waals surface area contributed by atoms with Gasteiger partial charge in [-0.3, -0.25) is 4.79 Å². The van der Waals surface area contributed by atoms with Crippen LogP contribution in [0.15, 0.2) is 42.6 Å². The first-order valence-electron chi connectivity index (χ1n) is 14.1. The monoisotopic (exact) mass is 544 g/mol. The molecule has 1 spiro atoms. The molecule has 0 radical (unpaired) electrons. The van der Waals surface area contributed by atoms with E-state index in [9.17, 15) is 22.8 Å². The number of hydrogen-bond acceptors (Lipinski definition) is 6. The van der Waals surface area contributed by atoms with Crippen LogP contribution in [-0.4, -0.2) is 40.6 Å². The summed E-state index contributed by atoms with van der Waals surface area (Å²) >= 11 is 0. The van der Waals surface area contributed by atoms with Gasteiger partial charge in [0.2, 0.25) is 5.91 Å². The van der Waals surface area contributed by atoms with E-state index < -0.39 is 41.7 Å². The molecule has 1 aromatic carbocycles. The zero-order valence-corrected chi connectivity index (χ0v) is 21.6. The highest BCUT2D eigenvalue weighted by Crippen LogP contribution is 2.50. The number of para-hydroxylation sites is 1. The second-order valence-corrected chi connectivity index (χ2v) is 10.9. The van der Waals surface area contributed by atoms with Crippen LogP contribution in [0.5, 0.6) is 0 Å². The Morgan fingerprint density at radius 1 is 1.15 bits per heavy atom. The molecule has 0 atom stereocenters. The Morgan fingerprint density at radius 3 is 2.56 bits per heavy atom. The third-order valence-electron chi connectivity index (χ3n) is 7.09. The SMILES string of the molecule is [2H]C([2H])([2H])N1C(=O)C2(CCC(NC(=O)OC(C)(C)C)CC2)c2cc(Nc3ccc4cccc(C(F)(F)F)c4n3)ncc21. The molecular formula is C28H30F3N5O3. The fourth-order valence-electron chi connectivity index (χ4n) is 5.31. The summed E-state index contributed by atoms with van der Waals surface area (Å²) < 4.78 is 70.1. The average Bonchev–Trinajstić information content (AvgIpc) is 3.10. The van der Waals surface area contributed by atoms with Crippen LogP contribution in [0, 0.1) is 0 Å². The van der Waals surface area contributed by atoms with Gasteiger partial charge >= 0.3 is 12.3 Å². The number of anilines is 3. The van der Waals surface area contributed by atoms with Crippen LogP contribution in [0.25, 0.3) is 10.9 Å². The number of benzene rings is 1. The van der Waals surface area contributed by atoms with Gasteiger partial charge < -0.3 is 20.3 Å². The zero-order chi connectivity index (χ0) is 30.7. The van der Waals surface area contributed by atoms with Crippen molar-refractivity contribution < 1.29 is 31.6 Å². The topological polar surface area (TPSA) is 96.5 Å². The zero-order valence-electron chi connectivity index (χ0n) is 24.6. The van der Waals surface area contributed by atoms with E-state index in [1.807, 2.05) is 0 Å². The van der Waals surface area contributed by atoms with Gasteiger partial charge in [0.1, 0.15) is 17.2 Å². The van der Waals surface area contributed by atoms with Crippen LogP contribution >= 0.6 is 0 Å². The van der Waals surface area contributed by atoms with Gasteiger partial charge in [-0.2, -0.15) is 13.2 Å². The van der Waals surface area contributed by atoms with E-state index in [-0.39, 0.29) is 41.7 Å². The standard InChI is InChI=1S/C28H30F3N5O3/c1-26(2,3)39-25(38)33-17-10-12-27(13-11-17)19-14-22(32-15-20(19)36(4)24(27)37)34-21-9-8-16-6-5-7-18(23(16)35-21)28(29,30)31/h5-9,14-15,17H,10-13H2,1-4H3,(H,33,38)(H,32,34,35)/i4D3. The third kappa shape index (κ3) is 5.09. The number of nitrogens with zero attached hydrogens (tertiary/aromatic N) is 3. The molecule has 11 heteroatoms. The predicted octanol–water partition coefficient (Wildman–Crippen LogP) is 6.07. The van der Waals surface area contributed by atoms with Gasteiger partial charge in [-0.1, -0.05) is 12.1 Å². The Labute approximate surface area is 228 Å². The van der Waals surface area contributed by atoms with Crippen molar-refractivity contribution in [2.75, 3.05) is 17.2 Å². The third-order valence-corrected chi connectivity index (χ3v) is 7.09. The molecular weight excluding hydrogens is 511 g/mol. The summed E-state index contributed by atoms with van der Waals surface area (Å²) in [5, 5.41) is 6.06. The first-order valence-corrected chi connectivity index (χ1v) is 12.6. The quantitative estimate of drug-likeness (QED) is 0.415. The smallest absolute Gasteiger partial charge is 0.418 e.